The predicted molar refractivity (Wildman–Crippen MR) is 74.6 cm³/mol. The average Bonchev–Trinajstić information content (AvgIpc) is 2.48. The maximum atomic E-state index is 10.9. The van der Waals surface area contributed by atoms with Crippen molar-refractivity contribution >= 4 is 12.0 Å². The number of nitrogens with zero attached hydrogens (tertiary/aromatic N) is 3. The Hall–Kier alpha value is -2.54. The molecule has 0 fully saturated rings. The summed E-state index contributed by atoms with van der Waals surface area (Å²) in [5.74, 6) is -0.883. The molecule has 0 saturated carbocycles. The third-order valence-electron chi connectivity index (χ3n) is 2.30. The Balaban J connectivity index is 2.81. The molecular formula is C13H15N3O5. The number of rotatable bonds is 9. The molecule has 8 nitrogen and oxygen atoms in total. The fourth-order valence-electron chi connectivity index (χ4n) is 1.44. The first-order valence-corrected chi connectivity index (χ1v) is 6.09. The largest absolute Gasteiger partial charge is 0.491 e. The van der Waals surface area contributed by atoms with Gasteiger partial charge in [0.25, 0.3) is 0 Å². The van der Waals surface area contributed by atoms with Gasteiger partial charge >= 0.3 is 5.97 Å². The molecule has 0 aliphatic rings. The smallest absolute Gasteiger partial charge is 0.338 e. The van der Waals surface area contributed by atoms with Crippen LogP contribution in [0, 0.1) is 0 Å². The van der Waals surface area contributed by atoms with Crippen molar-refractivity contribution < 1.29 is 24.5 Å². The van der Waals surface area contributed by atoms with Crippen LogP contribution in [0.3, 0.4) is 0 Å². The molecule has 0 aliphatic carbocycles. The number of carbonyl (C=O) groups is 1. The summed E-state index contributed by atoms with van der Waals surface area (Å²) in [7, 11) is 0. The molecule has 0 amide bonds. The third-order valence-corrected chi connectivity index (χ3v) is 2.30. The van der Waals surface area contributed by atoms with E-state index in [1.54, 1.807) is 24.3 Å². The van der Waals surface area contributed by atoms with Gasteiger partial charge in [0.05, 0.1) is 19.8 Å². The second-order valence-electron chi connectivity index (χ2n) is 3.75. The molecule has 8 heteroatoms. The summed E-state index contributed by atoms with van der Waals surface area (Å²) in [6, 6.07) is 6.74. The highest BCUT2D eigenvalue weighted by atomic mass is 16.5. The number of ether oxygens (including phenoxy) is 2. The zero-order chi connectivity index (χ0) is 15.5. The van der Waals surface area contributed by atoms with Crippen molar-refractivity contribution in [1.29, 1.82) is 0 Å². The van der Waals surface area contributed by atoms with Crippen LogP contribution in [-0.2, 0) is 9.53 Å². The van der Waals surface area contributed by atoms with Gasteiger partial charge in [0, 0.05) is 10.5 Å². The fourth-order valence-corrected chi connectivity index (χ4v) is 1.44. The number of benzene rings is 1. The fraction of sp³-hybridized carbons (Fsp3) is 0.308. The van der Waals surface area contributed by atoms with Gasteiger partial charge in [0.15, 0.2) is 0 Å². The number of hydrogen-bond donors (Lipinski definition) is 2. The lowest BCUT2D eigenvalue weighted by Gasteiger charge is -2.09. The number of para-hydroxylation sites is 1. The van der Waals surface area contributed by atoms with E-state index in [2.05, 4.69) is 10.0 Å². The topological polar surface area (TPSA) is 125 Å². The summed E-state index contributed by atoms with van der Waals surface area (Å²) >= 11 is 0. The minimum atomic E-state index is -1.33. The van der Waals surface area contributed by atoms with Crippen LogP contribution in [0.1, 0.15) is 5.56 Å². The zero-order valence-corrected chi connectivity index (χ0v) is 11.2. The van der Waals surface area contributed by atoms with Crippen molar-refractivity contribution in [2.45, 2.75) is 0 Å². The first-order chi connectivity index (χ1) is 10.2. The van der Waals surface area contributed by atoms with Gasteiger partial charge in [-0.05, 0) is 17.7 Å². The Morgan fingerprint density at radius 2 is 2.10 bits per heavy atom. The number of azide groups is 1. The monoisotopic (exact) mass is 293 g/mol. The summed E-state index contributed by atoms with van der Waals surface area (Å²) in [6.07, 6.45) is 1.23. The van der Waals surface area contributed by atoms with Gasteiger partial charge in [-0.25, -0.2) is 4.79 Å². The predicted octanol–water partition coefficient (Wildman–Crippen LogP) is 1.81. The second-order valence-corrected chi connectivity index (χ2v) is 3.75. The van der Waals surface area contributed by atoms with Crippen molar-refractivity contribution in [3.05, 3.63) is 46.0 Å². The number of carboxylic acids is 1. The second kappa shape index (κ2) is 9.38. The summed E-state index contributed by atoms with van der Waals surface area (Å²) in [6.45, 7) is 0.702. The molecule has 0 spiro atoms. The van der Waals surface area contributed by atoms with Crippen LogP contribution < -0.4 is 4.74 Å². The summed E-state index contributed by atoms with van der Waals surface area (Å²) in [5, 5.41) is 20.6. The Morgan fingerprint density at radius 1 is 1.33 bits per heavy atom. The van der Waals surface area contributed by atoms with Gasteiger partial charge < -0.3 is 19.7 Å². The van der Waals surface area contributed by atoms with Gasteiger partial charge in [-0.2, -0.15) is 0 Å². The quantitative estimate of drug-likeness (QED) is 0.236. The lowest BCUT2D eigenvalue weighted by atomic mass is 10.1. The van der Waals surface area contributed by atoms with E-state index in [1.807, 2.05) is 0 Å². The SMILES string of the molecule is [N-]=[N+]=NC(=Cc1ccccc1OCCOCCO)C(=O)O. The minimum absolute atomic E-state index is 0.0620. The molecule has 0 saturated heterocycles. The number of aliphatic hydroxyl groups is 1. The lowest BCUT2D eigenvalue weighted by Crippen LogP contribution is -2.09. The van der Waals surface area contributed by atoms with E-state index in [0.717, 1.165) is 0 Å². The minimum Gasteiger partial charge on any atom is -0.491 e. The highest BCUT2D eigenvalue weighted by Crippen LogP contribution is 2.21. The van der Waals surface area contributed by atoms with Crippen molar-refractivity contribution in [3.8, 4) is 5.75 Å². The van der Waals surface area contributed by atoms with Crippen LogP contribution in [0.25, 0.3) is 16.5 Å². The maximum absolute atomic E-state index is 10.9. The van der Waals surface area contributed by atoms with Crippen LogP contribution in [0.5, 0.6) is 5.75 Å². The molecular weight excluding hydrogens is 278 g/mol. The molecule has 1 rings (SSSR count). The average molecular weight is 293 g/mol. The van der Waals surface area contributed by atoms with Crippen LogP contribution in [0.2, 0.25) is 0 Å². The molecule has 0 heterocycles. The molecule has 21 heavy (non-hydrogen) atoms. The zero-order valence-electron chi connectivity index (χ0n) is 11.2. The standard InChI is InChI=1S/C13H15N3O5/c14-16-15-11(13(18)19)9-10-3-1-2-4-12(10)21-8-7-20-6-5-17/h1-4,9,17H,5-8H2,(H,18,19). The molecule has 0 radical (unpaired) electrons. The van der Waals surface area contributed by atoms with Crippen molar-refractivity contribution in [2.75, 3.05) is 26.4 Å². The molecule has 1 aromatic rings. The van der Waals surface area contributed by atoms with E-state index < -0.39 is 11.7 Å². The van der Waals surface area contributed by atoms with Crippen LogP contribution in [0.4, 0.5) is 0 Å². The van der Waals surface area contributed by atoms with E-state index in [-0.39, 0.29) is 19.8 Å². The Bertz CT molecular complexity index is 548. The number of carboxylic acid groups (broad SMARTS) is 1. The molecule has 0 aliphatic heterocycles. The molecule has 112 valence electrons. The highest BCUT2D eigenvalue weighted by molar-refractivity contribution is 5.92. The molecule has 0 bridgehead atoms. The Labute approximate surface area is 120 Å². The Kier molecular flexibility index (Phi) is 7.37. The van der Waals surface area contributed by atoms with Crippen molar-refractivity contribution in [1.82, 2.24) is 0 Å². The number of aliphatic carboxylic acids is 1. The van der Waals surface area contributed by atoms with Gasteiger partial charge in [-0.1, -0.05) is 23.3 Å². The maximum Gasteiger partial charge on any atom is 0.338 e. The van der Waals surface area contributed by atoms with E-state index in [1.165, 1.54) is 6.08 Å². The van der Waals surface area contributed by atoms with Crippen molar-refractivity contribution in [3.63, 3.8) is 0 Å². The highest BCUT2D eigenvalue weighted by Gasteiger charge is 2.07. The Morgan fingerprint density at radius 3 is 2.76 bits per heavy atom. The van der Waals surface area contributed by atoms with E-state index in [9.17, 15) is 4.79 Å². The third kappa shape index (κ3) is 5.96. The van der Waals surface area contributed by atoms with Gasteiger partial charge in [0.2, 0.25) is 0 Å². The number of aliphatic hydroxyl groups excluding tert-OH is 1. The molecule has 2 N–H and O–H groups in total. The molecule has 0 unspecified atom stereocenters. The van der Waals surface area contributed by atoms with Gasteiger partial charge in [0.1, 0.15) is 18.1 Å². The van der Waals surface area contributed by atoms with Gasteiger partial charge in [-0.3, -0.25) is 0 Å². The normalized spacial score (nSPS) is 10.8. The molecule has 0 aromatic heterocycles. The van der Waals surface area contributed by atoms with Crippen molar-refractivity contribution in [2.24, 2.45) is 5.11 Å². The summed E-state index contributed by atoms with van der Waals surface area (Å²) < 4.78 is 10.5. The van der Waals surface area contributed by atoms with E-state index >= 15 is 0 Å². The molecule has 1 aromatic carbocycles. The molecule has 0 atom stereocenters. The first kappa shape index (κ1) is 16.5. The van der Waals surface area contributed by atoms with Crippen LogP contribution in [0.15, 0.2) is 35.1 Å². The number of hydrogen-bond acceptors (Lipinski definition) is 5. The van der Waals surface area contributed by atoms with Gasteiger partial charge in [-0.15, -0.1) is 0 Å². The lowest BCUT2D eigenvalue weighted by molar-refractivity contribution is -0.132. The van der Waals surface area contributed by atoms with Crippen LogP contribution >= 0.6 is 0 Å². The van der Waals surface area contributed by atoms with E-state index in [0.29, 0.717) is 17.9 Å². The van der Waals surface area contributed by atoms with E-state index in [4.69, 9.17) is 25.2 Å². The first-order valence-electron chi connectivity index (χ1n) is 6.09. The summed E-state index contributed by atoms with van der Waals surface area (Å²) in [5.41, 5.74) is 8.39. The van der Waals surface area contributed by atoms with Crippen LogP contribution in [-0.4, -0.2) is 42.6 Å². The summed E-state index contributed by atoms with van der Waals surface area (Å²) in [4.78, 5) is 13.4.